The predicted octanol–water partition coefficient (Wildman–Crippen LogP) is 12.7. The van der Waals surface area contributed by atoms with Crippen LogP contribution in [0.1, 0.15) is 189 Å². The second-order valence-corrected chi connectivity index (χ2v) is 21.7. The third-order valence-electron chi connectivity index (χ3n) is 9.90. The van der Waals surface area contributed by atoms with Crippen molar-refractivity contribution in [1.82, 2.24) is 16.0 Å². The minimum Gasteiger partial charge on any atom is -0.507 e. The third-order valence-corrected chi connectivity index (χ3v) is 9.90. The second-order valence-electron chi connectivity index (χ2n) is 21.7. The van der Waals surface area contributed by atoms with Crippen LogP contribution in [0.3, 0.4) is 0 Å². The molecule has 0 radical (unpaired) electrons. The van der Waals surface area contributed by atoms with Crippen LogP contribution in [0.25, 0.3) is 0 Å². The molecule has 0 spiro atoms. The van der Waals surface area contributed by atoms with E-state index in [1.165, 1.54) is 16.7 Å². The predicted molar refractivity (Wildman–Crippen MR) is 259 cm³/mol. The molecular formula is C50H87Cl2N3O3. The highest BCUT2D eigenvalue weighted by molar-refractivity contribution is 5.85. The fraction of sp³-hybridized carbons (Fsp3) is 0.640. The normalized spacial score (nSPS) is 12.4. The van der Waals surface area contributed by atoms with Crippen molar-refractivity contribution in [1.29, 1.82) is 0 Å². The van der Waals surface area contributed by atoms with E-state index >= 15 is 0 Å². The molecule has 334 valence electrons. The Bertz CT molecular complexity index is 1520. The molecule has 0 amide bonds. The summed E-state index contributed by atoms with van der Waals surface area (Å²) in [6.45, 7) is 47.2. The van der Waals surface area contributed by atoms with Crippen molar-refractivity contribution in [2.75, 3.05) is 20.1 Å². The van der Waals surface area contributed by atoms with Gasteiger partial charge in [0, 0.05) is 19.6 Å². The van der Waals surface area contributed by atoms with Crippen LogP contribution in [0.2, 0.25) is 0 Å². The molecule has 0 saturated carbocycles. The Balaban J connectivity index is 0. The Morgan fingerprint density at radius 2 is 0.534 bits per heavy atom. The largest absolute Gasteiger partial charge is 0.507 e. The topological polar surface area (TPSA) is 96.8 Å². The second kappa shape index (κ2) is 22.4. The van der Waals surface area contributed by atoms with Gasteiger partial charge >= 0.3 is 0 Å². The van der Waals surface area contributed by atoms with Gasteiger partial charge in [0.1, 0.15) is 17.2 Å². The van der Waals surface area contributed by atoms with Gasteiger partial charge in [0.2, 0.25) is 0 Å². The zero-order valence-electron chi connectivity index (χ0n) is 40.7. The maximum Gasteiger partial charge on any atom is 0.123 e. The standard InChI is InChI=1S/2C17H29NO.C16H27NO.2ClH/c2*1-8-18-11-12-9-13(16(2,3)4)15(19)14(10-12)17(5,6)7;1-15(2,3)12-8-11(10-17-7)9-13(14(12)18)16(4,5)6;;/h2*9-10,18-19H,8,11H2,1-7H3;8-9,17-18H,10H2,1-7H3;2*1H. The Morgan fingerprint density at radius 3 is 0.672 bits per heavy atom. The molecular weight excluding hydrogens is 761 g/mol. The van der Waals surface area contributed by atoms with E-state index in [0.29, 0.717) is 17.2 Å². The van der Waals surface area contributed by atoms with Crippen molar-refractivity contribution < 1.29 is 15.3 Å². The molecule has 0 bridgehead atoms. The molecule has 0 heterocycles. The number of aromatic hydroxyl groups is 3. The quantitative estimate of drug-likeness (QED) is 0.135. The molecule has 6 nitrogen and oxygen atoms in total. The molecule has 0 aliphatic rings. The molecule has 0 atom stereocenters. The van der Waals surface area contributed by atoms with E-state index in [-0.39, 0.29) is 57.3 Å². The highest BCUT2D eigenvalue weighted by atomic mass is 35.5. The maximum absolute atomic E-state index is 10.6. The van der Waals surface area contributed by atoms with Crippen LogP contribution in [0.15, 0.2) is 36.4 Å². The molecule has 0 saturated heterocycles. The van der Waals surface area contributed by atoms with Gasteiger partial charge in [0.05, 0.1) is 0 Å². The van der Waals surface area contributed by atoms with Crippen LogP contribution >= 0.6 is 24.8 Å². The van der Waals surface area contributed by atoms with Crippen LogP contribution in [0, 0.1) is 0 Å². The van der Waals surface area contributed by atoms with E-state index in [0.717, 1.165) is 66.1 Å². The summed E-state index contributed by atoms with van der Waals surface area (Å²) in [5.74, 6) is 1.37. The maximum atomic E-state index is 10.6. The van der Waals surface area contributed by atoms with Crippen LogP contribution in [-0.4, -0.2) is 35.5 Å². The number of phenolic OH excluding ortho intramolecular Hbond substituents is 3. The number of benzene rings is 3. The van der Waals surface area contributed by atoms with Crippen LogP contribution in [0.5, 0.6) is 17.2 Å². The number of nitrogens with one attached hydrogen (secondary N) is 3. The van der Waals surface area contributed by atoms with Crippen molar-refractivity contribution in [3.05, 3.63) is 86.5 Å². The molecule has 0 aromatic heterocycles. The molecule has 6 N–H and O–H groups in total. The number of halogens is 2. The number of rotatable bonds is 8. The van der Waals surface area contributed by atoms with Gasteiger partial charge in [-0.3, -0.25) is 0 Å². The van der Waals surface area contributed by atoms with Crippen molar-refractivity contribution in [3.63, 3.8) is 0 Å². The summed E-state index contributed by atoms with van der Waals surface area (Å²) in [4.78, 5) is 0. The van der Waals surface area contributed by atoms with E-state index in [4.69, 9.17) is 0 Å². The molecule has 0 aliphatic carbocycles. The van der Waals surface area contributed by atoms with Crippen LogP contribution < -0.4 is 16.0 Å². The van der Waals surface area contributed by atoms with Gasteiger partial charge in [-0.15, -0.1) is 24.8 Å². The van der Waals surface area contributed by atoms with Gasteiger partial charge in [0.15, 0.2) is 0 Å². The van der Waals surface area contributed by atoms with Crippen molar-refractivity contribution >= 4 is 24.8 Å². The van der Waals surface area contributed by atoms with Crippen molar-refractivity contribution in [3.8, 4) is 17.2 Å². The van der Waals surface area contributed by atoms with Gasteiger partial charge in [-0.05, 0) is 103 Å². The highest BCUT2D eigenvalue weighted by Crippen LogP contribution is 2.42. The Kier molecular flexibility index (Phi) is 22.2. The van der Waals surface area contributed by atoms with Crippen LogP contribution in [0.4, 0.5) is 0 Å². The summed E-state index contributed by atoms with van der Waals surface area (Å²) in [6, 6.07) is 12.8. The van der Waals surface area contributed by atoms with E-state index in [2.05, 4.69) is 191 Å². The van der Waals surface area contributed by atoms with Gasteiger partial charge in [-0.2, -0.15) is 0 Å². The lowest BCUT2D eigenvalue weighted by molar-refractivity contribution is 0.421. The van der Waals surface area contributed by atoms with E-state index in [1.54, 1.807) is 0 Å². The Hall–Kier alpha value is -2.48. The first-order valence-corrected chi connectivity index (χ1v) is 20.9. The van der Waals surface area contributed by atoms with E-state index in [1.807, 2.05) is 7.05 Å². The molecule has 3 rings (SSSR count). The summed E-state index contributed by atoms with van der Waals surface area (Å²) < 4.78 is 0. The fourth-order valence-corrected chi connectivity index (χ4v) is 6.56. The summed E-state index contributed by atoms with van der Waals surface area (Å²) in [5, 5.41) is 41.6. The average Bonchev–Trinajstić information content (AvgIpc) is 3.02. The molecule has 0 aliphatic heterocycles. The molecule has 0 unspecified atom stereocenters. The number of phenols is 3. The summed E-state index contributed by atoms with van der Waals surface area (Å²) in [6.07, 6.45) is 0. The molecule has 0 fully saturated rings. The summed E-state index contributed by atoms with van der Waals surface area (Å²) >= 11 is 0. The summed E-state index contributed by atoms with van der Waals surface area (Å²) in [7, 11) is 1.94. The van der Waals surface area contributed by atoms with Gasteiger partial charge in [0.25, 0.3) is 0 Å². The Morgan fingerprint density at radius 1 is 0.362 bits per heavy atom. The fourth-order valence-electron chi connectivity index (χ4n) is 6.56. The Labute approximate surface area is 369 Å². The lowest BCUT2D eigenvalue weighted by Gasteiger charge is -2.28. The highest BCUT2D eigenvalue weighted by Gasteiger charge is 2.29. The molecule has 58 heavy (non-hydrogen) atoms. The van der Waals surface area contributed by atoms with Crippen molar-refractivity contribution in [2.24, 2.45) is 0 Å². The van der Waals surface area contributed by atoms with Crippen LogP contribution in [-0.2, 0) is 52.1 Å². The first-order chi connectivity index (χ1) is 25.2. The van der Waals surface area contributed by atoms with Gasteiger partial charge < -0.3 is 31.3 Å². The SMILES string of the molecule is CCNCc1cc(C(C)(C)C)c(O)c(C(C)(C)C)c1.CCNCc1cc(C(C)(C)C)c(O)c(C(C)(C)C)c1.CNCc1cc(C(C)(C)C)c(O)c(C(C)(C)C)c1.Cl.Cl. The smallest absolute Gasteiger partial charge is 0.123 e. The minimum atomic E-state index is -0.0493. The summed E-state index contributed by atoms with van der Waals surface area (Å²) in [5.41, 5.74) is 9.62. The third kappa shape index (κ3) is 17.2. The molecule has 8 heteroatoms. The molecule has 3 aromatic rings. The monoisotopic (exact) mass is 848 g/mol. The zero-order valence-corrected chi connectivity index (χ0v) is 42.3. The minimum absolute atomic E-state index is 0. The first kappa shape index (κ1) is 57.6. The number of hydrogen-bond acceptors (Lipinski definition) is 6. The first-order valence-electron chi connectivity index (χ1n) is 20.9. The van der Waals surface area contributed by atoms with E-state index < -0.39 is 0 Å². The lowest BCUT2D eigenvalue weighted by atomic mass is 9.78. The lowest BCUT2D eigenvalue weighted by Crippen LogP contribution is -2.19. The molecule has 3 aromatic carbocycles. The van der Waals surface area contributed by atoms with Gasteiger partial charge in [-0.25, -0.2) is 0 Å². The number of hydrogen-bond donors (Lipinski definition) is 6. The average molecular weight is 849 g/mol. The zero-order chi connectivity index (χ0) is 43.8. The van der Waals surface area contributed by atoms with Gasteiger partial charge in [-0.1, -0.05) is 175 Å². The van der Waals surface area contributed by atoms with E-state index in [9.17, 15) is 15.3 Å². The van der Waals surface area contributed by atoms with Crippen molar-refractivity contribution in [2.45, 2.75) is 191 Å².